The standard InChI is InChI=1S/C21H22N4O6S/c1-2-30-17-7-3-16(4-8-17)20-23-24-21(31-20)22-19(26)15-5-9-18(10-6-15)32(27,28)25-11-13-29-14-12-25/h3-10H,2,11-14H2,1H3,(H,22,24,26). The van der Waals surface area contributed by atoms with Crippen LogP contribution < -0.4 is 10.1 Å². The molecule has 11 heteroatoms. The van der Waals surface area contributed by atoms with Crippen LogP contribution in [0.4, 0.5) is 6.01 Å². The van der Waals surface area contributed by atoms with Crippen LogP contribution in [0.3, 0.4) is 0 Å². The summed E-state index contributed by atoms with van der Waals surface area (Å²) < 4.78 is 42.8. The number of anilines is 1. The van der Waals surface area contributed by atoms with Crippen molar-refractivity contribution < 1.29 is 27.1 Å². The van der Waals surface area contributed by atoms with Crippen LogP contribution in [-0.2, 0) is 14.8 Å². The molecule has 0 unspecified atom stereocenters. The van der Waals surface area contributed by atoms with Crippen molar-refractivity contribution in [1.82, 2.24) is 14.5 Å². The van der Waals surface area contributed by atoms with E-state index in [-0.39, 0.29) is 22.4 Å². The van der Waals surface area contributed by atoms with Gasteiger partial charge in [0.25, 0.3) is 5.91 Å². The van der Waals surface area contributed by atoms with Gasteiger partial charge in [-0.3, -0.25) is 10.1 Å². The summed E-state index contributed by atoms with van der Waals surface area (Å²) in [5, 5.41) is 10.3. The Hall–Kier alpha value is -3.28. The molecule has 1 N–H and O–H groups in total. The molecule has 0 aliphatic carbocycles. The first-order valence-electron chi connectivity index (χ1n) is 10.0. The summed E-state index contributed by atoms with van der Waals surface area (Å²) in [6.07, 6.45) is 0. The van der Waals surface area contributed by atoms with Gasteiger partial charge in [0.2, 0.25) is 15.9 Å². The maximum Gasteiger partial charge on any atom is 0.322 e. The van der Waals surface area contributed by atoms with E-state index in [9.17, 15) is 13.2 Å². The lowest BCUT2D eigenvalue weighted by molar-refractivity contribution is 0.0730. The van der Waals surface area contributed by atoms with Crippen molar-refractivity contribution in [3.8, 4) is 17.2 Å². The van der Waals surface area contributed by atoms with Gasteiger partial charge in [0, 0.05) is 24.2 Å². The zero-order valence-corrected chi connectivity index (χ0v) is 18.2. The van der Waals surface area contributed by atoms with Gasteiger partial charge in [0.1, 0.15) is 5.75 Å². The van der Waals surface area contributed by atoms with Gasteiger partial charge in [-0.05, 0) is 55.5 Å². The average Bonchev–Trinajstić information content (AvgIpc) is 3.29. The molecule has 4 rings (SSSR count). The summed E-state index contributed by atoms with van der Waals surface area (Å²) in [6, 6.07) is 12.7. The minimum Gasteiger partial charge on any atom is -0.494 e. The van der Waals surface area contributed by atoms with Crippen LogP contribution in [0.15, 0.2) is 57.8 Å². The van der Waals surface area contributed by atoms with Crippen molar-refractivity contribution in [2.24, 2.45) is 0 Å². The first-order chi connectivity index (χ1) is 15.5. The fourth-order valence-electron chi connectivity index (χ4n) is 3.13. The molecule has 2 heterocycles. The number of ether oxygens (including phenoxy) is 2. The van der Waals surface area contributed by atoms with Gasteiger partial charge in [-0.25, -0.2) is 8.42 Å². The highest BCUT2D eigenvalue weighted by Gasteiger charge is 2.26. The Kier molecular flexibility index (Phi) is 6.49. The number of hydrogen-bond acceptors (Lipinski definition) is 8. The number of carbonyl (C=O) groups excluding carboxylic acids is 1. The largest absolute Gasteiger partial charge is 0.494 e. The zero-order chi connectivity index (χ0) is 22.6. The van der Waals surface area contributed by atoms with Crippen molar-refractivity contribution in [3.63, 3.8) is 0 Å². The van der Waals surface area contributed by atoms with Crippen LogP contribution in [0, 0.1) is 0 Å². The number of hydrogen-bond donors (Lipinski definition) is 1. The highest BCUT2D eigenvalue weighted by molar-refractivity contribution is 7.89. The Morgan fingerprint density at radius 3 is 2.41 bits per heavy atom. The normalized spacial score (nSPS) is 14.8. The molecule has 1 fully saturated rings. The Bertz CT molecular complexity index is 1170. The second kappa shape index (κ2) is 9.47. The van der Waals surface area contributed by atoms with Crippen LogP contribution in [0.5, 0.6) is 5.75 Å². The summed E-state index contributed by atoms with van der Waals surface area (Å²) in [4.78, 5) is 12.6. The van der Waals surface area contributed by atoms with E-state index >= 15 is 0 Å². The monoisotopic (exact) mass is 458 g/mol. The van der Waals surface area contributed by atoms with Crippen LogP contribution in [0.25, 0.3) is 11.5 Å². The second-order valence-corrected chi connectivity index (χ2v) is 8.80. The SMILES string of the molecule is CCOc1ccc(-c2nnc(NC(=O)c3ccc(S(=O)(=O)N4CCOCC4)cc3)o2)cc1. The van der Waals surface area contributed by atoms with Gasteiger partial charge in [0.15, 0.2) is 0 Å². The number of rotatable bonds is 7. The molecular formula is C21H22N4O6S. The van der Waals surface area contributed by atoms with Gasteiger partial charge in [-0.2, -0.15) is 4.31 Å². The molecule has 1 aliphatic rings. The van der Waals surface area contributed by atoms with E-state index < -0.39 is 15.9 Å². The van der Waals surface area contributed by atoms with Crippen molar-refractivity contribution in [3.05, 3.63) is 54.1 Å². The maximum atomic E-state index is 12.7. The molecule has 0 saturated carbocycles. The summed E-state index contributed by atoms with van der Waals surface area (Å²) >= 11 is 0. The minimum absolute atomic E-state index is 0.0658. The molecule has 168 valence electrons. The van der Waals surface area contributed by atoms with Crippen LogP contribution >= 0.6 is 0 Å². The lowest BCUT2D eigenvalue weighted by Gasteiger charge is -2.26. The third kappa shape index (κ3) is 4.79. The van der Waals surface area contributed by atoms with E-state index in [1.165, 1.54) is 28.6 Å². The lowest BCUT2D eigenvalue weighted by atomic mass is 10.2. The summed E-state index contributed by atoms with van der Waals surface area (Å²) in [7, 11) is -3.63. The number of sulfonamides is 1. The van der Waals surface area contributed by atoms with E-state index in [4.69, 9.17) is 13.9 Å². The first-order valence-corrected chi connectivity index (χ1v) is 11.5. The molecule has 3 aromatic rings. The molecule has 2 aromatic carbocycles. The number of nitrogens with one attached hydrogen (secondary N) is 1. The van der Waals surface area contributed by atoms with E-state index in [1.54, 1.807) is 24.3 Å². The van der Waals surface area contributed by atoms with Crippen molar-refractivity contribution in [1.29, 1.82) is 0 Å². The Labute approximate surface area is 185 Å². The minimum atomic E-state index is -3.63. The number of benzene rings is 2. The van der Waals surface area contributed by atoms with Gasteiger partial charge < -0.3 is 13.9 Å². The molecule has 0 radical (unpaired) electrons. The van der Waals surface area contributed by atoms with Crippen LogP contribution in [-0.4, -0.2) is 61.7 Å². The zero-order valence-electron chi connectivity index (χ0n) is 17.4. The predicted molar refractivity (Wildman–Crippen MR) is 115 cm³/mol. The Morgan fingerprint density at radius 2 is 1.75 bits per heavy atom. The Morgan fingerprint density at radius 1 is 1.06 bits per heavy atom. The smallest absolute Gasteiger partial charge is 0.322 e. The molecule has 1 amide bonds. The number of carbonyl (C=O) groups is 1. The van der Waals surface area contributed by atoms with Gasteiger partial charge in [0.05, 0.1) is 24.7 Å². The van der Waals surface area contributed by atoms with Crippen molar-refractivity contribution in [2.75, 3.05) is 38.2 Å². The summed E-state index contributed by atoms with van der Waals surface area (Å²) in [5.74, 6) is 0.473. The van der Waals surface area contributed by atoms with Crippen molar-refractivity contribution >= 4 is 21.9 Å². The lowest BCUT2D eigenvalue weighted by Crippen LogP contribution is -2.40. The Balaban J connectivity index is 1.42. The third-order valence-electron chi connectivity index (χ3n) is 4.78. The topological polar surface area (TPSA) is 124 Å². The molecule has 1 saturated heterocycles. The van der Waals surface area contributed by atoms with Gasteiger partial charge in [-0.1, -0.05) is 5.10 Å². The number of nitrogens with zero attached hydrogens (tertiary/aromatic N) is 3. The molecule has 0 bridgehead atoms. The van der Waals surface area contributed by atoms with E-state index in [0.717, 1.165) is 5.75 Å². The molecule has 32 heavy (non-hydrogen) atoms. The fraction of sp³-hybridized carbons (Fsp3) is 0.286. The van der Waals surface area contributed by atoms with Crippen LogP contribution in [0.1, 0.15) is 17.3 Å². The molecule has 0 spiro atoms. The second-order valence-electron chi connectivity index (χ2n) is 6.86. The number of aromatic nitrogens is 2. The average molecular weight is 458 g/mol. The quantitative estimate of drug-likeness (QED) is 0.572. The molecule has 0 atom stereocenters. The molecule has 1 aromatic heterocycles. The first kappa shape index (κ1) is 21.9. The number of morpholine rings is 1. The highest BCUT2D eigenvalue weighted by atomic mass is 32.2. The van der Waals surface area contributed by atoms with Crippen molar-refractivity contribution in [2.45, 2.75) is 11.8 Å². The van der Waals surface area contributed by atoms with E-state index in [2.05, 4.69) is 15.5 Å². The van der Waals surface area contributed by atoms with Gasteiger partial charge >= 0.3 is 6.01 Å². The van der Waals surface area contributed by atoms with Crippen LogP contribution in [0.2, 0.25) is 0 Å². The van der Waals surface area contributed by atoms with E-state index in [0.29, 0.717) is 38.5 Å². The maximum absolute atomic E-state index is 12.7. The predicted octanol–water partition coefficient (Wildman–Crippen LogP) is 2.41. The third-order valence-corrected chi connectivity index (χ3v) is 6.69. The van der Waals surface area contributed by atoms with Gasteiger partial charge in [-0.15, -0.1) is 5.10 Å². The van der Waals surface area contributed by atoms with E-state index in [1.807, 2.05) is 6.92 Å². The molecule has 1 aliphatic heterocycles. The fourth-order valence-corrected chi connectivity index (χ4v) is 4.54. The highest BCUT2D eigenvalue weighted by Crippen LogP contribution is 2.23. The molecule has 10 nitrogen and oxygen atoms in total. The summed E-state index contributed by atoms with van der Waals surface area (Å²) in [5.41, 5.74) is 0.936. The summed E-state index contributed by atoms with van der Waals surface area (Å²) in [6.45, 7) is 3.80. The number of amides is 1. The molecular weight excluding hydrogens is 436 g/mol.